The Morgan fingerprint density at radius 3 is 2.55 bits per heavy atom. The topological polar surface area (TPSA) is 50.7 Å². The predicted octanol–water partition coefficient (Wildman–Crippen LogP) is 5.89. The summed E-state index contributed by atoms with van der Waals surface area (Å²) in [5.41, 5.74) is 6.31. The Balaban J connectivity index is 1.55. The molecule has 0 saturated heterocycles. The third-order valence-corrected chi connectivity index (χ3v) is 4.87. The molecule has 4 heteroatoms. The minimum absolute atomic E-state index is 0.589. The average Bonchev–Trinajstić information content (AvgIpc) is 2.79. The molecule has 0 unspecified atom stereocenters. The minimum atomic E-state index is 0.589. The van der Waals surface area contributed by atoms with Gasteiger partial charge in [0.05, 0.1) is 17.8 Å². The fourth-order valence-electron chi connectivity index (χ4n) is 3.28. The number of benzene rings is 2. The molecule has 0 radical (unpaired) electrons. The predicted molar refractivity (Wildman–Crippen MR) is 120 cm³/mol. The Labute approximate surface area is 170 Å². The van der Waals surface area contributed by atoms with Crippen LogP contribution in [0.2, 0.25) is 0 Å². The van der Waals surface area contributed by atoms with E-state index in [1.165, 1.54) is 5.56 Å². The van der Waals surface area contributed by atoms with Gasteiger partial charge in [-0.1, -0.05) is 61.2 Å². The maximum absolute atomic E-state index is 4.55. The molecule has 4 rings (SSSR count). The molecule has 4 aromatic rings. The van der Waals surface area contributed by atoms with Crippen LogP contribution in [0.5, 0.6) is 0 Å². The molecule has 0 amide bonds. The highest BCUT2D eigenvalue weighted by Crippen LogP contribution is 2.26. The van der Waals surface area contributed by atoms with Crippen LogP contribution in [-0.2, 0) is 6.54 Å². The summed E-state index contributed by atoms with van der Waals surface area (Å²) in [5.74, 6) is 0.806. The van der Waals surface area contributed by atoms with Gasteiger partial charge in [-0.2, -0.15) is 0 Å². The normalized spacial score (nSPS) is 11.4. The Morgan fingerprint density at radius 1 is 0.966 bits per heavy atom. The number of anilines is 1. The third kappa shape index (κ3) is 4.06. The van der Waals surface area contributed by atoms with Crippen molar-refractivity contribution in [2.75, 3.05) is 5.32 Å². The summed E-state index contributed by atoms with van der Waals surface area (Å²) in [4.78, 5) is 13.4. The highest BCUT2D eigenvalue weighted by atomic mass is 15.0. The molecule has 29 heavy (non-hydrogen) atoms. The summed E-state index contributed by atoms with van der Waals surface area (Å²) in [7, 11) is 0. The molecule has 1 N–H and O–H groups in total. The molecule has 0 aliphatic rings. The minimum Gasteiger partial charge on any atom is -0.364 e. The molecule has 2 heterocycles. The highest BCUT2D eigenvalue weighted by molar-refractivity contribution is 5.91. The van der Waals surface area contributed by atoms with Crippen LogP contribution >= 0.6 is 0 Å². The fraction of sp³-hybridized carbons (Fsp3) is 0.0800. The Kier molecular flexibility index (Phi) is 5.43. The number of nitrogens with zero attached hydrogens (tertiary/aromatic N) is 3. The van der Waals surface area contributed by atoms with Crippen molar-refractivity contribution in [3.63, 3.8) is 0 Å². The van der Waals surface area contributed by atoms with Crippen molar-refractivity contribution in [3.8, 4) is 11.1 Å². The first-order valence-corrected chi connectivity index (χ1v) is 9.56. The van der Waals surface area contributed by atoms with Gasteiger partial charge in [-0.15, -0.1) is 0 Å². The van der Waals surface area contributed by atoms with Crippen LogP contribution in [0.15, 0.2) is 91.9 Å². The maximum Gasteiger partial charge on any atom is 0.137 e. The van der Waals surface area contributed by atoms with E-state index < -0.39 is 0 Å². The van der Waals surface area contributed by atoms with E-state index in [9.17, 15) is 0 Å². The summed E-state index contributed by atoms with van der Waals surface area (Å²) in [6.45, 7) is 6.42. The molecule has 0 spiro atoms. The second kappa shape index (κ2) is 8.48. The van der Waals surface area contributed by atoms with Crippen molar-refractivity contribution in [2.24, 2.45) is 0 Å². The lowest BCUT2D eigenvalue weighted by molar-refractivity contribution is 1.03. The standard InChI is InChI=1S/C25H22N4/c1-3-18(4-2)21-10-12-22(26-15-21)16-27-25-23-13-11-20(14-24(23)28-17-29-25)19-8-6-5-7-9-19/h3-15,17H,1,16H2,2H3,(H,27,28,29). The van der Waals surface area contributed by atoms with Gasteiger partial charge in [-0.25, -0.2) is 9.97 Å². The third-order valence-electron chi connectivity index (χ3n) is 4.87. The molecule has 142 valence electrons. The van der Waals surface area contributed by atoms with Crippen molar-refractivity contribution >= 4 is 22.3 Å². The van der Waals surface area contributed by atoms with E-state index in [2.05, 4.69) is 63.2 Å². The fourth-order valence-corrected chi connectivity index (χ4v) is 3.28. The lowest BCUT2D eigenvalue weighted by atomic mass is 10.0. The van der Waals surface area contributed by atoms with Gasteiger partial charge in [-0.3, -0.25) is 4.98 Å². The molecule has 0 aliphatic heterocycles. The first kappa shape index (κ1) is 18.6. The van der Waals surface area contributed by atoms with E-state index in [1.807, 2.05) is 49.5 Å². The van der Waals surface area contributed by atoms with Crippen LogP contribution < -0.4 is 5.32 Å². The average molecular weight is 378 g/mol. The summed E-state index contributed by atoms with van der Waals surface area (Å²) in [6, 6.07) is 20.6. The monoisotopic (exact) mass is 378 g/mol. The summed E-state index contributed by atoms with van der Waals surface area (Å²) >= 11 is 0. The molecule has 0 bridgehead atoms. The van der Waals surface area contributed by atoms with Crippen LogP contribution in [0.3, 0.4) is 0 Å². The van der Waals surface area contributed by atoms with Crippen molar-refractivity contribution in [1.82, 2.24) is 15.0 Å². The number of rotatable bonds is 6. The lowest BCUT2D eigenvalue weighted by Gasteiger charge is -2.10. The molecule has 2 aromatic heterocycles. The van der Waals surface area contributed by atoms with Crippen LogP contribution in [-0.4, -0.2) is 15.0 Å². The van der Waals surface area contributed by atoms with Crippen molar-refractivity contribution in [3.05, 3.63) is 103 Å². The molecule has 4 nitrogen and oxygen atoms in total. The number of pyridine rings is 1. The van der Waals surface area contributed by atoms with Gasteiger partial charge in [0, 0.05) is 11.6 Å². The van der Waals surface area contributed by atoms with E-state index in [4.69, 9.17) is 0 Å². The number of allylic oxidation sites excluding steroid dienone is 3. The van der Waals surface area contributed by atoms with Gasteiger partial charge in [0.2, 0.25) is 0 Å². The van der Waals surface area contributed by atoms with Gasteiger partial charge in [-0.05, 0) is 47.4 Å². The first-order valence-electron chi connectivity index (χ1n) is 9.56. The molecule has 0 saturated carbocycles. The molecular weight excluding hydrogens is 356 g/mol. The number of hydrogen-bond acceptors (Lipinski definition) is 4. The van der Waals surface area contributed by atoms with E-state index in [-0.39, 0.29) is 0 Å². The van der Waals surface area contributed by atoms with Crippen molar-refractivity contribution in [1.29, 1.82) is 0 Å². The van der Waals surface area contributed by atoms with Crippen LogP contribution in [0.25, 0.3) is 27.6 Å². The molecule has 2 aromatic carbocycles. The quantitative estimate of drug-likeness (QED) is 0.425. The summed E-state index contributed by atoms with van der Waals surface area (Å²) in [6.07, 6.45) is 7.33. The summed E-state index contributed by atoms with van der Waals surface area (Å²) in [5, 5.41) is 4.38. The number of fused-ring (bicyclic) bond motifs is 1. The van der Waals surface area contributed by atoms with E-state index in [0.717, 1.165) is 39.1 Å². The van der Waals surface area contributed by atoms with Crippen molar-refractivity contribution < 1.29 is 0 Å². The molecular formula is C25H22N4. The van der Waals surface area contributed by atoms with E-state index in [0.29, 0.717) is 6.54 Å². The number of nitrogens with one attached hydrogen (secondary N) is 1. The number of aromatic nitrogens is 3. The van der Waals surface area contributed by atoms with Crippen LogP contribution in [0, 0.1) is 0 Å². The smallest absolute Gasteiger partial charge is 0.137 e. The van der Waals surface area contributed by atoms with Crippen molar-refractivity contribution in [2.45, 2.75) is 13.5 Å². The second-order valence-electron chi connectivity index (χ2n) is 6.66. The zero-order valence-electron chi connectivity index (χ0n) is 16.3. The van der Waals surface area contributed by atoms with Gasteiger partial charge in [0.1, 0.15) is 12.1 Å². The van der Waals surface area contributed by atoms with Crippen LogP contribution in [0.1, 0.15) is 18.2 Å². The number of hydrogen-bond donors (Lipinski definition) is 1. The highest BCUT2D eigenvalue weighted by Gasteiger charge is 2.06. The van der Waals surface area contributed by atoms with Gasteiger partial charge in [0.25, 0.3) is 0 Å². The van der Waals surface area contributed by atoms with Gasteiger partial charge >= 0.3 is 0 Å². The Morgan fingerprint density at radius 2 is 1.83 bits per heavy atom. The van der Waals surface area contributed by atoms with E-state index >= 15 is 0 Å². The van der Waals surface area contributed by atoms with E-state index in [1.54, 1.807) is 6.33 Å². The van der Waals surface area contributed by atoms with Crippen LogP contribution in [0.4, 0.5) is 5.82 Å². The molecule has 0 atom stereocenters. The zero-order valence-corrected chi connectivity index (χ0v) is 16.3. The van der Waals surface area contributed by atoms with Gasteiger partial charge < -0.3 is 5.32 Å². The Bertz CT molecular complexity index is 1160. The summed E-state index contributed by atoms with van der Waals surface area (Å²) < 4.78 is 0. The second-order valence-corrected chi connectivity index (χ2v) is 6.66. The maximum atomic E-state index is 4.55. The largest absolute Gasteiger partial charge is 0.364 e. The first-order chi connectivity index (χ1) is 14.3. The SMILES string of the molecule is C=CC(=CC)c1ccc(CNc2ncnc3cc(-c4ccccc4)ccc23)nc1. The molecule has 0 aliphatic carbocycles. The lowest BCUT2D eigenvalue weighted by Crippen LogP contribution is -2.04. The zero-order chi connectivity index (χ0) is 20.1. The Hall–Kier alpha value is -3.79. The van der Waals surface area contributed by atoms with Gasteiger partial charge in [0.15, 0.2) is 0 Å². The molecule has 0 fully saturated rings.